The summed E-state index contributed by atoms with van der Waals surface area (Å²) in [7, 11) is -2.78. The van der Waals surface area contributed by atoms with E-state index in [2.05, 4.69) is 21.7 Å². The smallest absolute Gasteiger partial charge is 0.246 e. The van der Waals surface area contributed by atoms with Crippen molar-refractivity contribution in [2.75, 3.05) is 13.1 Å². The highest BCUT2D eigenvalue weighted by Gasteiger charge is 2.19. The Morgan fingerprint density at radius 3 is 2.87 bits per heavy atom. The van der Waals surface area contributed by atoms with Gasteiger partial charge in [0.1, 0.15) is 0 Å². The number of rotatable bonds is 3. The van der Waals surface area contributed by atoms with Crippen molar-refractivity contribution in [1.82, 2.24) is 10.3 Å². The van der Waals surface area contributed by atoms with Gasteiger partial charge in [0.15, 0.2) is 0 Å². The summed E-state index contributed by atoms with van der Waals surface area (Å²) in [6.07, 6.45) is 2.81. The van der Waals surface area contributed by atoms with Gasteiger partial charge in [-0.25, -0.2) is 13.4 Å². The Kier molecular flexibility index (Phi) is 4.54. The van der Waals surface area contributed by atoms with E-state index >= 15 is 0 Å². The first-order valence-electron chi connectivity index (χ1n) is 4.95. The van der Waals surface area contributed by atoms with Crippen molar-refractivity contribution < 1.29 is 8.42 Å². The SMILES string of the molecule is CCN/C(=N\[SH](=O)=O)N1CC(CC)C=N1. The van der Waals surface area contributed by atoms with Crippen molar-refractivity contribution in [1.29, 1.82) is 0 Å². The van der Waals surface area contributed by atoms with Crippen LogP contribution < -0.4 is 5.32 Å². The molecular formula is C8H16N4O2S. The first-order chi connectivity index (χ1) is 7.17. The van der Waals surface area contributed by atoms with Crippen molar-refractivity contribution in [3.8, 4) is 0 Å². The van der Waals surface area contributed by atoms with E-state index in [1.165, 1.54) is 0 Å². The summed E-state index contributed by atoms with van der Waals surface area (Å²) in [5.74, 6) is 0.680. The topological polar surface area (TPSA) is 74.1 Å². The Morgan fingerprint density at radius 1 is 1.67 bits per heavy atom. The number of hydrogen-bond acceptors (Lipinski definition) is 3. The van der Waals surface area contributed by atoms with Crippen LogP contribution in [0.15, 0.2) is 9.50 Å². The lowest BCUT2D eigenvalue weighted by Gasteiger charge is -2.17. The van der Waals surface area contributed by atoms with E-state index in [0.717, 1.165) is 6.42 Å². The van der Waals surface area contributed by atoms with Gasteiger partial charge >= 0.3 is 0 Å². The first-order valence-corrected chi connectivity index (χ1v) is 6.08. The Morgan fingerprint density at radius 2 is 2.40 bits per heavy atom. The molecular weight excluding hydrogens is 216 g/mol. The number of thiol groups is 1. The number of nitrogens with zero attached hydrogens (tertiary/aromatic N) is 3. The molecule has 1 rings (SSSR count). The lowest BCUT2D eigenvalue weighted by molar-refractivity contribution is 0.426. The van der Waals surface area contributed by atoms with Crippen LogP contribution in [0.5, 0.6) is 0 Å². The van der Waals surface area contributed by atoms with E-state index in [4.69, 9.17) is 0 Å². The largest absolute Gasteiger partial charge is 0.354 e. The van der Waals surface area contributed by atoms with E-state index in [1.54, 1.807) is 5.01 Å². The average Bonchev–Trinajstić information content (AvgIpc) is 2.64. The minimum absolute atomic E-state index is 0.306. The summed E-state index contributed by atoms with van der Waals surface area (Å²) in [6, 6.07) is 0. The molecule has 0 bridgehead atoms. The van der Waals surface area contributed by atoms with Gasteiger partial charge in [-0.2, -0.15) is 5.10 Å². The fourth-order valence-corrected chi connectivity index (χ4v) is 1.61. The predicted octanol–water partition coefficient (Wildman–Crippen LogP) is -0.194. The summed E-state index contributed by atoms with van der Waals surface area (Å²) in [5.41, 5.74) is 0. The molecule has 0 saturated heterocycles. The van der Waals surface area contributed by atoms with Crippen LogP contribution in [-0.2, 0) is 10.9 Å². The molecule has 1 atom stereocenters. The lowest BCUT2D eigenvalue weighted by atomic mass is 10.1. The van der Waals surface area contributed by atoms with Gasteiger partial charge in [-0.3, -0.25) is 0 Å². The molecule has 0 aromatic rings. The minimum atomic E-state index is -2.78. The van der Waals surface area contributed by atoms with Gasteiger partial charge in [0, 0.05) is 18.7 Å². The molecule has 0 spiro atoms. The highest BCUT2D eigenvalue weighted by Crippen LogP contribution is 2.10. The van der Waals surface area contributed by atoms with Gasteiger partial charge in [0.25, 0.3) is 0 Å². The van der Waals surface area contributed by atoms with Gasteiger partial charge in [-0.05, 0) is 13.3 Å². The van der Waals surface area contributed by atoms with Crippen LogP contribution in [-0.4, -0.2) is 38.7 Å². The van der Waals surface area contributed by atoms with E-state index in [0.29, 0.717) is 25.0 Å². The monoisotopic (exact) mass is 232 g/mol. The fraction of sp³-hybridized carbons (Fsp3) is 0.750. The van der Waals surface area contributed by atoms with E-state index in [9.17, 15) is 8.42 Å². The molecule has 0 saturated carbocycles. The molecule has 15 heavy (non-hydrogen) atoms. The van der Waals surface area contributed by atoms with Crippen molar-refractivity contribution in [3.63, 3.8) is 0 Å². The van der Waals surface area contributed by atoms with Crippen LogP contribution in [0, 0.1) is 5.92 Å². The molecule has 1 N–H and O–H groups in total. The molecule has 1 unspecified atom stereocenters. The Hall–Kier alpha value is -1.11. The van der Waals surface area contributed by atoms with Crippen molar-refractivity contribution >= 4 is 23.1 Å². The number of guanidine groups is 1. The first kappa shape index (κ1) is 12.0. The zero-order chi connectivity index (χ0) is 11.3. The molecule has 0 radical (unpaired) electrons. The van der Waals surface area contributed by atoms with Crippen LogP contribution in [0.25, 0.3) is 0 Å². The predicted molar refractivity (Wildman–Crippen MR) is 60.4 cm³/mol. The fourth-order valence-electron chi connectivity index (χ4n) is 1.28. The zero-order valence-electron chi connectivity index (χ0n) is 8.88. The third-order valence-corrected chi connectivity index (χ3v) is 2.46. The average molecular weight is 232 g/mol. The summed E-state index contributed by atoms with van der Waals surface area (Å²) >= 11 is 0. The second-order valence-electron chi connectivity index (χ2n) is 3.21. The number of hydrazone groups is 1. The molecule has 1 aliphatic heterocycles. The van der Waals surface area contributed by atoms with Crippen LogP contribution in [0.3, 0.4) is 0 Å². The van der Waals surface area contributed by atoms with Gasteiger partial charge in [-0.1, -0.05) is 6.92 Å². The number of hydrogen-bond donors (Lipinski definition) is 2. The highest BCUT2D eigenvalue weighted by molar-refractivity contribution is 7.71. The van der Waals surface area contributed by atoms with Crippen molar-refractivity contribution in [2.24, 2.45) is 15.4 Å². The summed E-state index contributed by atoms with van der Waals surface area (Å²) in [6.45, 7) is 5.25. The molecule has 1 heterocycles. The lowest BCUT2D eigenvalue weighted by Crippen LogP contribution is -2.37. The van der Waals surface area contributed by atoms with Gasteiger partial charge in [-0.15, -0.1) is 4.40 Å². The molecule has 0 fully saturated rings. The Balaban J connectivity index is 2.71. The van der Waals surface area contributed by atoms with Crippen LogP contribution in [0.4, 0.5) is 0 Å². The molecule has 86 valence electrons. The van der Waals surface area contributed by atoms with Crippen LogP contribution in [0.1, 0.15) is 20.3 Å². The van der Waals surface area contributed by atoms with Gasteiger partial charge < -0.3 is 5.32 Å². The molecule has 0 aliphatic carbocycles. The van der Waals surface area contributed by atoms with Gasteiger partial charge in [0.05, 0.1) is 6.54 Å². The summed E-state index contributed by atoms with van der Waals surface area (Å²) in [4.78, 5) is 0. The molecule has 0 aromatic heterocycles. The third-order valence-electron chi connectivity index (χ3n) is 2.10. The van der Waals surface area contributed by atoms with Gasteiger partial charge in [0.2, 0.25) is 16.8 Å². The molecule has 7 heteroatoms. The van der Waals surface area contributed by atoms with E-state index in [-0.39, 0.29) is 0 Å². The van der Waals surface area contributed by atoms with Crippen LogP contribution >= 0.6 is 0 Å². The maximum absolute atomic E-state index is 10.5. The molecule has 0 aromatic carbocycles. The third kappa shape index (κ3) is 3.50. The quantitative estimate of drug-likeness (QED) is 0.402. The number of nitrogens with one attached hydrogen (secondary N) is 1. The summed E-state index contributed by atoms with van der Waals surface area (Å²) in [5, 5.41) is 8.57. The Bertz CT molecular complexity index is 330. The van der Waals surface area contributed by atoms with E-state index in [1.807, 2.05) is 13.1 Å². The van der Waals surface area contributed by atoms with Crippen molar-refractivity contribution in [3.05, 3.63) is 0 Å². The molecule has 0 amide bonds. The Labute approximate surface area is 91.2 Å². The minimum Gasteiger partial charge on any atom is -0.354 e. The maximum Gasteiger partial charge on any atom is 0.246 e. The maximum atomic E-state index is 10.5. The molecule has 6 nitrogen and oxygen atoms in total. The second kappa shape index (κ2) is 5.69. The normalized spacial score (nSPS) is 21.4. The van der Waals surface area contributed by atoms with Crippen molar-refractivity contribution in [2.45, 2.75) is 20.3 Å². The van der Waals surface area contributed by atoms with Crippen LogP contribution in [0.2, 0.25) is 0 Å². The highest BCUT2D eigenvalue weighted by atomic mass is 32.2. The second-order valence-corrected chi connectivity index (χ2v) is 3.88. The van der Waals surface area contributed by atoms with E-state index < -0.39 is 10.9 Å². The standard InChI is InChI=1S/C8H16N4O2S/c1-3-7-5-10-12(6-7)8(9-4-2)11-15(13)14/h5,7,15H,3-4,6H2,1-2H3,(H,9,11,13,14). The zero-order valence-corrected chi connectivity index (χ0v) is 9.78. The molecule has 1 aliphatic rings. The summed E-state index contributed by atoms with van der Waals surface area (Å²) < 4.78 is 24.5.